The number of nitrogens with zero attached hydrogens (tertiary/aromatic N) is 1. The SMILES string of the molecule is CCCCN1CCOC[C@H]1C(=O)NS(=O)(=O)Cc1ccccc1. The van der Waals surface area contributed by atoms with Gasteiger partial charge in [-0.2, -0.15) is 0 Å². The Balaban J connectivity index is 1.98. The molecular formula is C16H24N2O4S. The minimum atomic E-state index is -3.71. The molecule has 1 aromatic rings. The first-order chi connectivity index (χ1) is 11.0. The number of morpholine rings is 1. The summed E-state index contributed by atoms with van der Waals surface area (Å²) >= 11 is 0. The lowest BCUT2D eigenvalue weighted by Gasteiger charge is -2.34. The van der Waals surface area contributed by atoms with Gasteiger partial charge in [-0.05, 0) is 18.5 Å². The summed E-state index contributed by atoms with van der Waals surface area (Å²) in [6.07, 6.45) is 2.00. The van der Waals surface area contributed by atoms with E-state index in [1.54, 1.807) is 24.3 Å². The average molecular weight is 340 g/mol. The highest BCUT2D eigenvalue weighted by Crippen LogP contribution is 2.10. The largest absolute Gasteiger partial charge is 0.378 e. The van der Waals surface area contributed by atoms with Crippen LogP contribution < -0.4 is 4.72 Å². The topological polar surface area (TPSA) is 75.7 Å². The minimum absolute atomic E-state index is 0.206. The highest BCUT2D eigenvalue weighted by Gasteiger charge is 2.31. The molecule has 1 N–H and O–H groups in total. The Hall–Kier alpha value is -1.44. The summed E-state index contributed by atoms with van der Waals surface area (Å²) in [7, 11) is -3.71. The van der Waals surface area contributed by atoms with Crippen LogP contribution in [0.25, 0.3) is 0 Å². The summed E-state index contributed by atoms with van der Waals surface area (Å²) < 4.78 is 31.9. The molecule has 1 saturated heterocycles. The molecule has 1 aromatic carbocycles. The van der Waals surface area contributed by atoms with Crippen LogP contribution in [-0.2, 0) is 25.3 Å². The Kier molecular flexibility index (Phi) is 6.56. The predicted molar refractivity (Wildman–Crippen MR) is 88.3 cm³/mol. The van der Waals surface area contributed by atoms with Gasteiger partial charge in [-0.15, -0.1) is 0 Å². The number of rotatable bonds is 7. The van der Waals surface area contributed by atoms with Gasteiger partial charge >= 0.3 is 0 Å². The maximum Gasteiger partial charge on any atom is 0.253 e. The van der Waals surface area contributed by atoms with Crippen molar-refractivity contribution in [1.82, 2.24) is 9.62 Å². The third-order valence-corrected chi connectivity index (χ3v) is 5.02. The van der Waals surface area contributed by atoms with Crippen molar-refractivity contribution in [2.24, 2.45) is 0 Å². The van der Waals surface area contributed by atoms with Gasteiger partial charge in [0.25, 0.3) is 5.91 Å². The van der Waals surface area contributed by atoms with Crippen LogP contribution in [0.5, 0.6) is 0 Å². The number of hydrogen-bond acceptors (Lipinski definition) is 5. The summed E-state index contributed by atoms with van der Waals surface area (Å²) in [5, 5.41) is 0. The number of sulfonamides is 1. The van der Waals surface area contributed by atoms with Gasteiger partial charge in [0.2, 0.25) is 10.0 Å². The van der Waals surface area contributed by atoms with Crippen molar-refractivity contribution < 1.29 is 17.9 Å². The Morgan fingerprint density at radius 1 is 1.35 bits per heavy atom. The second-order valence-corrected chi connectivity index (χ2v) is 7.41. The highest BCUT2D eigenvalue weighted by molar-refractivity contribution is 7.89. The monoisotopic (exact) mass is 340 g/mol. The molecule has 1 atom stereocenters. The Bertz CT molecular complexity index is 604. The zero-order valence-electron chi connectivity index (χ0n) is 13.4. The van der Waals surface area contributed by atoms with Gasteiger partial charge < -0.3 is 4.74 Å². The zero-order valence-corrected chi connectivity index (χ0v) is 14.2. The number of nitrogens with one attached hydrogen (secondary N) is 1. The fraction of sp³-hybridized carbons (Fsp3) is 0.562. The van der Waals surface area contributed by atoms with E-state index in [-0.39, 0.29) is 12.4 Å². The Morgan fingerprint density at radius 2 is 2.09 bits per heavy atom. The van der Waals surface area contributed by atoms with Gasteiger partial charge in [-0.1, -0.05) is 43.7 Å². The first-order valence-corrected chi connectivity index (χ1v) is 9.57. The van der Waals surface area contributed by atoms with Crippen molar-refractivity contribution in [2.45, 2.75) is 31.6 Å². The van der Waals surface area contributed by atoms with Crippen LogP contribution in [0.3, 0.4) is 0 Å². The van der Waals surface area contributed by atoms with Crippen LogP contribution >= 0.6 is 0 Å². The van der Waals surface area contributed by atoms with Crippen LogP contribution in [0.15, 0.2) is 30.3 Å². The standard InChI is InChI=1S/C16H24N2O4S/c1-2-3-9-18-10-11-22-12-15(18)16(19)17-23(20,21)13-14-7-5-4-6-8-14/h4-8,15H,2-3,9-13H2,1H3,(H,17,19)/t15-/m0/s1. The van der Waals surface area contributed by atoms with Gasteiger partial charge in [0.15, 0.2) is 0 Å². The van der Waals surface area contributed by atoms with Crippen LogP contribution in [0.2, 0.25) is 0 Å². The smallest absolute Gasteiger partial charge is 0.253 e. The van der Waals surface area contributed by atoms with Crippen molar-refractivity contribution >= 4 is 15.9 Å². The molecule has 1 aliphatic rings. The summed E-state index contributed by atoms with van der Waals surface area (Å²) in [5.41, 5.74) is 0.649. The molecule has 0 spiro atoms. The van der Waals surface area contributed by atoms with Crippen molar-refractivity contribution in [1.29, 1.82) is 0 Å². The van der Waals surface area contributed by atoms with E-state index < -0.39 is 22.0 Å². The van der Waals surface area contributed by atoms with E-state index in [4.69, 9.17) is 4.74 Å². The number of hydrogen-bond donors (Lipinski definition) is 1. The highest BCUT2D eigenvalue weighted by atomic mass is 32.2. The van der Waals surface area contributed by atoms with E-state index in [1.165, 1.54) is 0 Å². The van der Waals surface area contributed by atoms with Crippen LogP contribution in [0.1, 0.15) is 25.3 Å². The van der Waals surface area contributed by atoms with Crippen LogP contribution in [0.4, 0.5) is 0 Å². The van der Waals surface area contributed by atoms with Crippen LogP contribution in [-0.4, -0.2) is 51.6 Å². The molecule has 0 saturated carbocycles. The molecule has 1 amide bonds. The first-order valence-electron chi connectivity index (χ1n) is 7.92. The number of carbonyl (C=O) groups excluding carboxylic acids is 1. The van der Waals surface area contributed by atoms with Gasteiger partial charge in [-0.3, -0.25) is 14.4 Å². The fourth-order valence-electron chi connectivity index (χ4n) is 2.56. The molecule has 6 nitrogen and oxygen atoms in total. The second kappa shape index (κ2) is 8.42. The maximum absolute atomic E-state index is 12.4. The average Bonchev–Trinajstić information content (AvgIpc) is 2.53. The van der Waals surface area contributed by atoms with Gasteiger partial charge in [0.1, 0.15) is 6.04 Å². The minimum Gasteiger partial charge on any atom is -0.378 e. The van der Waals surface area contributed by atoms with Gasteiger partial charge in [0.05, 0.1) is 19.0 Å². The van der Waals surface area contributed by atoms with Gasteiger partial charge in [0, 0.05) is 6.54 Å². The maximum atomic E-state index is 12.4. The van der Waals surface area contributed by atoms with Crippen molar-refractivity contribution in [3.63, 3.8) is 0 Å². The lowest BCUT2D eigenvalue weighted by Crippen LogP contribution is -2.54. The van der Waals surface area contributed by atoms with E-state index in [2.05, 4.69) is 11.6 Å². The Labute approximate surface area is 137 Å². The molecule has 1 aliphatic heterocycles. The summed E-state index contributed by atoms with van der Waals surface area (Å²) in [5.74, 6) is -0.709. The number of ether oxygens (including phenoxy) is 1. The van der Waals surface area contributed by atoms with Crippen molar-refractivity contribution in [3.8, 4) is 0 Å². The molecule has 7 heteroatoms. The molecule has 0 radical (unpaired) electrons. The van der Waals surface area contributed by atoms with E-state index in [0.717, 1.165) is 19.4 Å². The quantitative estimate of drug-likeness (QED) is 0.805. The third kappa shape index (κ3) is 5.60. The van der Waals surface area contributed by atoms with E-state index >= 15 is 0 Å². The molecule has 0 bridgehead atoms. The number of unbranched alkanes of at least 4 members (excludes halogenated alkanes) is 1. The Morgan fingerprint density at radius 3 is 2.78 bits per heavy atom. The molecule has 1 fully saturated rings. The fourth-order valence-corrected chi connectivity index (χ4v) is 3.71. The van der Waals surface area contributed by atoms with Crippen molar-refractivity contribution in [3.05, 3.63) is 35.9 Å². The molecule has 1 heterocycles. The molecule has 128 valence electrons. The van der Waals surface area contributed by atoms with Gasteiger partial charge in [-0.25, -0.2) is 8.42 Å². The lowest BCUT2D eigenvalue weighted by molar-refractivity contribution is -0.130. The number of carbonyl (C=O) groups is 1. The van der Waals surface area contributed by atoms with E-state index in [9.17, 15) is 13.2 Å². The second-order valence-electron chi connectivity index (χ2n) is 5.69. The van der Waals surface area contributed by atoms with Crippen molar-refractivity contribution in [2.75, 3.05) is 26.3 Å². The van der Waals surface area contributed by atoms with E-state index in [1.807, 2.05) is 11.0 Å². The third-order valence-electron chi connectivity index (χ3n) is 3.80. The molecule has 0 unspecified atom stereocenters. The lowest BCUT2D eigenvalue weighted by atomic mass is 10.2. The summed E-state index contributed by atoms with van der Waals surface area (Å²) in [4.78, 5) is 14.4. The summed E-state index contributed by atoms with van der Waals surface area (Å²) in [6.45, 7) is 4.31. The molecular weight excluding hydrogens is 316 g/mol. The summed E-state index contributed by atoms with van der Waals surface area (Å²) in [6, 6.07) is 8.27. The van der Waals surface area contributed by atoms with Crippen LogP contribution in [0, 0.1) is 0 Å². The normalized spacial score (nSPS) is 19.4. The zero-order chi connectivity index (χ0) is 16.7. The molecule has 0 aromatic heterocycles. The number of amides is 1. The molecule has 0 aliphatic carbocycles. The molecule has 2 rings (SSSR count). The number of benzene rings is 1. The predicted octanol–water partition coefficient (Wildman–Crippen LogP) is 1.13. The molecule has 23 heavy (non-hydrogen) atoms. The van der Waals surface area contributed by atoms with E-state index in [0.29, 0.717) is 18.7 Å². The first kappa shape index (κ1) is 17.9.